The maximum Gasteiger partial charge on any atom is 0.324 e. The molecule has 5 aromatic rings. The first kappa shape index (κ1) is 46.9. The van der Waals surface area contributed by atoms with Gasteiger partial charge in [0.05, 0.1) is 40.8 Å². The van der Waals surface area contributed by atoms with E-state index in [1.807, 2.05) is 67.4 Å². The Hall–Kier alpha value is -5.64. The molecule has 4 amide bonds. The third-order valence-electron chi connectivity index (χ3n) is 13.5. The molecule has 15 heteroatoms. The lowest BCUT2D eigenvalue weighted by molar-refractivity contribution is -0.155. The van der Waals surface area contributed by atoms with Crippen molar-refractivity contribution in [1.29, 1.82) is 0 Å². The van der Waals surface area contributed by atoms with Crippen LogP contribution in [0.5, 0.6) is 0 Å². The number of aryl methyl sites for hydroxylation is 1. The normalized spacial score (nSPS) is 21.1. The summed E-state index contributed by atoms with van der Waals surface area (Å²) >= 11 is 1.43. The molecule has 66 heavy (non-hydrogen) atoms. The summed E-state index contributed by atoms with van der Waals surface area (Å²) in [5.41, 5.74) is 10.5. The first-order valence-electron chi connectivity index (χ1n) is 23.4. The number of nitrogens with zero attached hydrogens (tertiary/aromatic N) is 6. The van der Waals surface area contributed by atoms with E-state index in [0.717, 1.165) is 63.1 Å². The zero-order valence-corrected chi connectivity index (χ0v) is 40.3. The van der Waals surface area contributed by atoms with Crippen molar-refractivity contribution in [3.05, 3.63) is 94.1 Å². The summed E-state index contributed by atoms with van der Waals surface area (Å²) in [6, 6.07) is 17.5. The van der Waals surface area contributed by atoms with Gasteiger partial charge in [0.15, 0.2) is 0 Å². The summed E-state index contributed by atoms with van der Waals surface area (Å²) in [5.74, 6) is -1.54. The van der Waals surface area contributed by atoms with Crippen molar-refractivity contribution in [2.24, 2.45) is 11.3 Å². The number of nitrogens with one attached hydrogen (secondary N) is 2. The lowest BCUT2D eigenvalue weighted by Gasteiger charge is -2.37. The molecular weight excluding hydrogens is 853 g/mol. The summed E-state index contributed by atoms with van der Waals surface area (Å²) in [7, 11) is 3.36. The number of urea groups is 1. The predicted molar refractivity (Wildman–Crippen MR) is 256 cm³/mol. The van der Waals surface area contributed by atoms with Crippen LogP contribution >= 0.6 is 11.3 Å². The van der Waals surface area contributed by atoms with Crippen molar-refractivity contribution >= 4 is 46.1 Å². The molecule has 6 heterocycles. The number of esters is 1. The number of pyridine rings is 1. The van der Waals surface area contributed by atoms with Gasteiger partial charge in [0.25, 0.3) is 5.91 Å². The van der Waals surface area contributed by atoms with Crippen molar-refractivity contribution in [1.82, 2.24) is 40.1 Å². The number of amides is 4. The van der Waals surface area contributed by atoms with E-state index >= 15 is 0 Å². The van der Waals surface area contributed by atoms with Gasteiger partial charge in [-0.1, -0.05) is 64.1 Å². The molecule has 0 aliphatic carbocycles. The van der Waals surface area contributed by atoms with Crippen molar-refractivity contribution < 1.29 is 28.7 Å². The Morgan fingerprint density at radius 1 is 1.05 bits per heavy atom. The average molecular weight is 917 g/mol. The van der Waals surface area contributed by atoms with Gasteiger partial charge < -0.3 is 29.2 Å². The number of methoxy groups -OCH3 is 1. The highest BCUT2D eigenvalue weighted by Crippen LogP contribution is 2.42. The number of aromatic nitrogens is 3. The lowest BCUT2D eigenvalue weighted by atomic mass is 9.84. The van der Waals surface area contributed by atoms with E-state index in [4.69, 9.17) is 19.4 Å². The number of hydrazine groups is 1. The molecule has 2 aromatic carbocycles. The monoisotopic (exact) mass is 916 g/mol. The summed E-state index contributed by atoms with van der Waals surface area (Å²) < 4.78 is 14.3. The number of rotatable bonds is 9. The highest BCUT2D eigenvalue weighted by molar-refractivity contribution is 7.10. The molecule has 14 nitrogen and oxygen atoms in total. The Bertz CT molecular complexity index is 2570. The second kappa shape index (κ2) is 19.7. The van der Waals surface area contributed by atoms with Crippen LogP contribution in [0.15, 0.2) is 72.2 Å². The first-order valence-corrected chi connectivity index (χ1v) is 24.3. The minimum absolute atomic E-state index is 0.0880. The van der Waals surface area contributed by atoms with Crippen LogP contribution in [0.4, 0.5) is 4.79 Å². The third-order valence-corrected chi connectivity index (χ3v) is 14.3. The number of likely N-dealkylation sites (N-methyl/N-ethyl adjacent to an activating group) is 1. The van der Waals surface area contributed by atoms with E-state index in [1.54, 1.807) is 20.4 Å². The fourth-order valence-corrected chi connectivity index (χ4v) is 10.9. The molecule has 2 N–H and O–H groups in total. The van der Waals surface area contributed by atoms with Gasteiger partial charge in [-0.05, 0) is 87.3 Å². The molecule has 8 rings (SSSR count). The van der Waals surface area contributed by atoms with E-state index in [0.29, 0.717) is 43.9 Å². The second-order valence-corrected chi connectivity index (χ2v) is 20.1. The topological polar surface area (TPSA) is 151 Å². The van der Waals surface area contributed by atoms with Gasteiger partial charge in [0, 0.05) is 79.2 Å². The van der Waals surface area contributed by atoms with Gasteiger partial charge in [-0.3, -0.25) is 24.4 Å². The van der Waals surface area contributed by atoms with Crippen LogP contribution in [-0.2, 0) is 43.2 Å². The van der Waals surface area contributed by atoms with E-state index in [1.165, 1.54) is 21.2 Å². The molecule has 0 radical (unpaired) electrons. The molecule has 0 spiro atoms. The molecule has 2 saturated heterocycles. The minimum Gasteiger partial charge on any atom is -0.464 e. The number of carbonyl (C=O) groups is 4. The molecule has 0 unspecified atom stereocenters. The number of benzene rings is 2. The smallest absolute Gasteiger partial charge is 0.324 e. The van der Waals surface area contributed by atoms with Gasteiger partial charge in [0.1, 0.15) is 18.1 Å². The number of cyclic esters (lactones) is 1. The van der Waals surface area contributed by atoms with Gasteiger partial charge in [-0.25, -0.2) is 15.2 Å². The van der Waals surface area contributed by atoms with Gasteiger partial charge in [-0.15, -0.1) is 11.3 Å². The van der Waals surface area contributed by atoms with Crippen molar-refractivity contribution in [2.75, 3.05) is 33.9 Å². The standard InChI is InChI=1S/C51H64N8O6S/c1-9-57-42-22-21-34-26-36(42)37(46(57)35-18-13-23-52-44(35)32(4)64-8)28-51(5,6)30-65-49(62)38-19-14-25-59(55-38)48(61)39(27-43-53-40(34)29-66-43)54-47(60)45(31(2)3)56(7)50(63)58-24-15-20-41(58)33-16-11-10-12-17-33/h10-13,16-18,21-23,26,29,31-32,38-39,41,45,55H,9,14-15,19-20,24-25,27-28,30H2,1-8H3,(H,54,60)/t32-,38-,39-,41-,45-/m0/s1. The Labute approximate surface area is 392 Å². The highest BCUT2D eigenvalue weighted by Gasteiger charge is 2.40. The Kier molecular flexibility index (Phi) is 14.0. The lowest BCUT2D eigenvalue weighted by Crippen LogP contribution is -2.62. The fourth-order valence-electron chi connectivity index (χ4n) is 10.1. The molecular formula is C51H64N8O6S. The van der Waals surface area contributed by atoms with Crippen LogP contribution in [0.2, 0.25) is 0 Å². The van der Waals surface area contributed by atoms with Crippen molar-refractivity contribution in [3.63, 3.8) is 0 Å². The molecule has 2 fully saturated rings. The number of hydrogen-bond donors (Lipinski definition) is 2. The highest BCUT2D eigenvalue weighted by atomic mass is 32.1. The van der Waals surface area contributed by atoms with Crippen LogP contribution in [-0.4, -0.2) is 105 Å². The van der Waals surface area contributed by atoms with E-state index in [9.17, 15) is 19.2 Å². The summed E-state index contributed by atoms with van der Waals surface area (Å²) in [5, 5.41) is 8.25. The third kappa shape index (κ3) is 9.47. The SMILES string of the molecule is CCn1c(-c2cccnc2[C@H](C)OC)c2c3cc(ccc31)-c1csc(n1)C[C@H](NC(=O)[C@H](C(C)C)N(C)C(=O)N1CCC[C@H]1c1ccccc1)C(=O)N1CCC[C@H](N1)C(=O)OCC(C)(C)C2. The van der Waals surface area contributed by atoms with Gasteiger partial charge in [0.2, 0.25) is 5.91 Å². The van der Waals surface area contributed by atoms with Crippen LogP contribution < -0.4 is 10.7 Å². The average Bonchev–Trinajstić information content (AvgIpc) is 4.08. The van der Waals surface area contributed by atoms with E-state index < -0.39 is 41.3 Å². The van der Waals surface area contributed by atoms with Crippen LogP contribution in [0.25, 0.3) is 33.4 Å². The summed E-state index contributed by atoms with van der Waals surface area (Å²) in [4.78, 5) is 70.8. The summed E-state index contributed by atoms with van der Waals surface area (Å²) in [6.45, 7) is 13.9. The van der Waals surface area contributed by atoms with Gasteiger partial charge in [-0.2, -0.15) is 0 Å². The minimum atomic E-state index is -1.05. The molecule has 3 aromatic heterocycles. The number of likely N-dealkylation sites (tertiary alicyclic amines) is 1. The maximum absolute atomic E-state index is 14.7. The predicted octanol–water partition coefficient (Wildman–Crippen LogP) is 8.12. The van der Waals surface area contributed by atoms with Crippen LogP contribution in [0.1, 0.15) is 101 Å². The molecule has 0 saturated carbocycles. The first-order chi connectivity index (χ1) is 31.7. The number of hydrogen-bond acceptors (Lipinski definition) is 10. The molecule has 3 aliphatic heterocycles. The number of ether oxygens (including phenoxy) is 2. The Morgan fingerprint density at radius 3 is 2.56 bits per heavy atom. The van der Waals surface area contributed by atoms with E-state index in [-0.39, 0.29) is 37.1 Å². The van der Waals surface area contributed by atoms with Crippen LogP contribution in [0, 0.1) is 11.3 Å². The largest absolute Gasteiger partial charge is 0.464 e. The second-order valence-electron chi connectivity index (χ2n) is 19.1. The van der Waals surface area contributed by atoms with Crippen LogP contribution in [0.3, 0.4) is 0 Å². The Balaban J connectivity index is 1.16. The molecule has 350 valence electrons. The summed E-state index contributed by atoms with van der Waals surface area (Å²) in [6.07, 6.45) is 4.98. The quantitative estimate of drug-likeness (QED) is 0.140. The number of thiazole rings is 1. The molecule has 5 atom stereocenters. The van der Waals surface area contributed by atoms with Crippen molar-refractivity contribution in [3.8, 4) is 22.5 Å². The molecule has 6 bridgehead atoms. The Morgan fingerprint density at radius 2 is 1.82 bits per heavy atom. The van der Waals surface area contributed by atoms with Gasteiger partial charge >= 0.3 is 12.0 Å². The molecule has 3 aliphatic rings. The zero-order chi connectivity index (χ0) is 46.9. The maximum atomic E-state index is 14.7. The number of carbonyl (C=O) groups excluding carboxylic acids is 4. The van der Waals surface area contributed by atoms with Crippen molar-refractivity contribution in [2.45, 2.75) is 117 Å². The zero-order valence-electron chi connectivity index (χ0n) is 39.5. The number of fused-ring (bicyclic) bond motifs is 6. The fraction of sp³-hybridized carbons (Fsp3) is 0.490. The van der Waals surface area contributed by atoms with E-state index in [2.05, 4.69) is 60.3 Å².